The Balaban J connectivity index is 1.91. The molecule has 3 rings (SSSR count). The molecule has 122 valence electrons. The average molecular weight is 331 g/mol. The first kappa shape index (κ1) is 16.0. The number of rotatable bonds is 6. The Hall–Kier alpha value is -1.92. The van der Waals surface area contributed by atoms with Crippen LogP contribution in [-0.4, -0.2) is 35.3 Å². The van der Waals surface area contributed by atoms with E-state index in [9.17, 15) is 0 Å². The van der Waals surface area contributed by atoms with Gasteiger partial charge in [0.25, 0.3) is 0 Å². The average Bonchev–Trinajstić information content (AvgIpc) is 3.12. The lowest BCUT2D eigenvalue weighted by molar-refractivity contribution is 0.177. The van der Waals surface area contributed by atoms with Crippen LogP contribution in [0, 0.1) is 6.92 Å². The predicted molar refractivity (Wildman–Crippen MR) is 92.1 cm³/mol. The summed E-state index contributed by atoms with van der Waals surface area (Å²) in [6, 6.07) is 9.92. The molecule has 0 bridgehead atoms. The first-order valence-electron chi connectivity index (χ1n) is 7.74. The first-order valence-corrected chi connectivity index (χ1v) is 8.15. The third-order valence-electron chi connectivity index (χ3n) is 4.00. The van der Waals surface area contributed by atoms with Crippen molar-refractivity contribution in [2.24, 2.45) is 0 Å². The fourth-order valence-corrected chi connectivity index (χ4v) is 3.28. The summed E-state index contributed by atoms with van der Waals surface area (Å²) < 4.78 is 11.1. The van der Waals surface area contributed by atoms with Gasteiger partial charge in [-0.1, -0.05) is 6.07 Å². The molecule has 0 amide bonds. The molecule has 2 aromatic rings. The Labute approximate surface area is 141 Å². The minimum atomic E-state index is -0.0169. The molecule has 5 nitrogen and oxygen atoms in total. The number of methoxy groups -OCH3 is 1. The van der Waals surface area contributed by atoms with Gasteiger partial charge in [0.15, 0.2) is 5.11 Å². The van der Waals surface area contributed by atoms with E-state index in [2.05, 4.69) is 15.2 Å². The van der Waals surface area contributed by atoms with Crippen molar-refractivity contribution in [3.05, 3.63) is 53.7 Å². The number of nitrogens with zero attached hydrogens (tertiary/aromatic N) is 2. The SMILES string of the molecule is COCCCN1C(=S)N[C@@H](c2ccccn2)[C@@H]1c1ccc(C)o1. The predicted octanol–water partition coefficient (Wildman–Crippen LogP) is 2.99. The van der Waals surface area contributed by atoms with Crippen LogP contribution in [0.5, 0.6) is 0 Å². The van der Waals surface area contributed by atoms with Crippen LogP contribution in [0.3, 0.4) is 0 Å². The number of hydrogen-bond acceptors (Lipinski definition) is 4. The lowest BCUT2D eigenvalue weighted by atomic mass is 10.0. The molecule has 3 heterocycles. The van der Waals surface area contributed by atoms with Crippen LogP contribution in [0.1, 0.15) is 35.7 Å². The highest BCUT2D eigenvalue weighted by Gasteiger charge is 2.41. The van der Waals surface area contributed by atoms with Crippen LogP contribution >= 0.6 is 12.2 Å². The number of nitrogens with one attached hydrogen (secondary N) is 1. The molecule has 1 aliphatic heterocycles. The van der Waals surface area contributed by atoms with Gasteiger partial charge < -0.3 is 19.4 Å². The highest BCUT2D eigenvalue weighted by molar-refractivity contribution is 7.80. The number of furan rings is 1. The van der Waals surface area contributed by atoms with Crippen molar-refractivity contribution in [3.63, 3.8) is 0 Å². The second kappa shape index (κ2) is 7.10. The van der Waals surface area contributed by atoms with Crippen LogP contribution in [0.2, 0.25) is 0 Å². The van der Waals surface area contributed by atoms with Crippen molar-refractivity contribution >= 4 is 17.3 Å². The third-order valence-corrected chi connectivity index (χ3v) is 4.35. The summed E-state index contributed by atoms with van der Waals surface area (Å²) in [4.78, 5) is 6.67. The summed E-state index contributed by atoms with van der Waals surface area (Å²) in [7, 11) is 1.71. The maximum atomic E-state index is 5.90. The van der Waals surface area contributed by atoms with Gasteiger partial charge in [-0.3, -0.25) is 4.98 Å². The second-order valence-corrected chi connectivity index (χ2v) is 6.00. The number of hydrogen-bond donors (Lipinski definition) is 1. The zero-order valence-corrected chi connectivity index (χ0v) is 14.2. The molecule has 2 aromatic heterocycles. The standard InChI is InChI=1S/C17H21N3O2S/c1-12-7-8-14(22-12)16-15(13-6-3-4-9-18-13)19-17(23)20(16)10-5-11-21-2/h3-4,6-9,15-16H,5,10-11H2,1-2H3,(H,19,23)/t15-,16-/m0/s1. The number of pyridine rings is 1. The molecule has 2 atom stereocenters. The largest absolute Gasteiger partial charge is 0.464 e. The Bertz CT molecular complexity index is 659. The molecule has 0 radical (unpaired) electrons. The van der Waals surface area contributed by atoms with Gasteiger partial charge in [-0.15, -0.1) is 0 Å². The minimum Gasteiger partial charge on any atom is -0.464 e. The molecule has 0 spiro atoms. The second-order valence-electron chi connectivity index (χ2n) is 5.61. The van der Waals surface area contributed by atoms with E-state index in [0.717, 1.165) is 35.3 Å². The molecular weight excluding hydrogens is 310 g/mol. The first-order chi connectivity index (χ1) is 11.2. The number of thiocarbonyl (C=S) groups is 1. The molecule has 0 aromatic carbocycles. The van der Waals surface area contributed by atoms with Crippen molar-refractivity contribution in [3.8, 4) is 0 Å². The molecule has 23 heavy (non-hydrogen) atoms. The van der Waals surface area contributed by atoms with Crippen LogP contribution in [0.25, 0.3) is 0 Å². The van der Waals surface area contributed by atoms with Gasteiger partial charge >= 0.3 is 0 Å². The Morgan fingerprint density at radius 3 is 2.87 bits per heavy atom. The normalized spacial score (nSPS) is 20.8. The van der Waals surface area contributed by atoms with Gasteiger partial charge in [0, 0.05) is 26.5 Å². The quantitative estimate of drug-likeness (QED) is 0.649. The van der Waals surface area contributed by atoms with Crippen LogP contribution in [-0.2, 0) is 4.74 Å². The summed E-state index contributed by atoms with van der Waals surface area (Å²) in [6.07, 6.45) is 2.71. The summed E-state index contributed by atoms with van der Waals surface area (Å²) >= 11 is 5.56. The summed E-state index contributed by atoms with van der Waals surface area (Å²) in [5.41, 5.74) is 0.961. The summed E-state index contributed by atoms with van der Waals surface area (Å²) in [5, 5.41) is 4.13. The van der Waals surface area contributed by atoms with E-state index >= 15 is 0 Å². The van der Waals surface area contributed by atoms with E-state index in [0.29, 0.717) is 6.61 Å². The topological polar surface area (TPSA) is 50.5 Å². The van der Waals surface area contributed by atoms with E-state index in [1.54, 1.807) is 13.3 Å². The lowest BCUT2D eigenvalue weighted by Crippen LogP contribution is -2.31. The Morgan fingerprint density at radius 2 is 2.22 bits per heavy atom. The molecule has 6 heteroatoms. The lowest BCUT2D eigenvalue weighted by Gasteiger charge is -2.25. The molecule has 1 fully saturated rings. The van der Waals surface area contributed by atoms with Gasteiger partial charge in [-0.2, -0.15) is 0 Å². The Morgan fingerprint density at radius 1 is 1.35 bits per heavy atom. The number of aryl methyl sites for hydroxylation is 1. The smallest absolute Gasteiger partial charge is 0.170 e. The minimum absolute atomic E-state index is 0.00274. The van der Waals surface area contributed by atoms with Crippen molar-refractivity contribution < 1.29 is 9.15 Å². The van der Waals surface area contributed by atoms with Crippen molar-refractivity contribution in [1.29, 1.82) is 0 Å². The molecular formula is C17H21N3O2S. The van der Waals surface area contributed by atoms with Crippen molar-refractivity contribution in [2.75, 3.05) is 20.3 Å². The fourth-order valence-electron chi connectivity index (χ4n) is 2.95. The summed E-state index contributed by atoms with van der Waals surface area (Å²) in [6.45, 7) is 3.47. The number of aromatic nitrogens is 1. The maximum Gasteiger partial charge on any atom is 0.170 e. The van der Waals surface area contributed by atoms with Crippen molar-refractivity contribution in [1.82, 2.24) is 15.2 Å². The monoisotopic (exact) mass is 331 g/mol. The number of ether oxygens (including phenoxy) is 1. The fraction of sp³-hybridized carbons (Fsp3) is 0.412. The molecule has 0 unspecified atom stereocenters. The molecule has 1 aliphatic rings. The molecule has 0 saturated carbocycles. The summed E-state index contributed by atoms with van der Waals surface area (Å²) in [5.74, 6) is 1.80. The van der Waals surface area contributed by atoms with E-state index in [4.69, 9.17) is 21.4 Å². The van der Waals surface area contributed by atoms with Crippen LogP contribution in [0.15, 0.2) is 40.9 Å². The highest BCUT2D eigenvalue weighted by Crippen LogP contribution is 2.39. The zero-order chi connectivity index (χ0) is 16.2. The van der Waals surface area contributed by atoms with Gasteiger partial charge in [-0.05, 0) is 49.8 Å². The van der Waals surface area contributed by atoms with Crippen LogP contribution < -0.4 is 5.32 Å². The zero-order valence-electron chi connectivity index (χ0n) is 13.4. The molecule has 1 saturated heterocycles. The van der Waals surface area contributed by atoms with E-state index in [1.807, 2.05) is 37.3 Å². The van der Waals surface area contributed by atoms with Gasteiger partial charge in [0.1, 0.15) is 17.6 Å². The highest BCUT2D eigenvalue weighted by atomic mass is 32.1. The van der Waals surface area contributed by atoms with Gasteiger partial charge in [0.05, 0.1) is 11.7 Å². The van der Waals surface area contributed by atoms with Gasteiger partial charge in [0.2, 0.25) is 0 Å². The third kappa shape index (κ3) is 3.38. The van der Waals surface area contributed by atoms with E-state index in [-0.39, 0.29) is 12.1 Å². The Kier molecular flexibility index (Phi) is 4.93. The maximum absolute atomic E-state index is 5.90. The van der Waals surface area contributed by atoms with E-state index < -0.39 is 0 Å². The molecule has 0 aliphatic carbocycles. The van der Waals surface area contributed by atoms with E-state index in [1.165, 1.54) is 0 Å². The van der Waals surface area contributed by atoms with Crippen LogP contribution in [0.4, 0.5) is 0 Å². The molecule has 1 N–H and O–H groups in total. The van der Waals surface area contributed by atoms with Crippen molar-refractivity contribution in [2.45, 2.75) is 25.4 Å². The van der Waals surface area contributed by atoms with Gasteiger partial charge in [-0.25, -0.2) is 0 Å².